The number of fused-ring (bicyclic) bond motifs is 4. The van der Waals surface area contributed by atoms with Crippen LogP contribution in [0.5, 0.6) is 0 Å². The Balaban J connectivity index is 1.48. The molecule has 3 aromatic heterocycles. The first-order valence-corrected chi connectivity index (χ1v) is 8.62. The Morgan fingerprint density at radius 1 is 0.893 bits per heavy atom. The van der Waals surface area contributed by atoms with Crippen LogP contribution in [0.1, 0.15) is 21.0 Å². The minimum Gasteiger partial charge on any atom is -0.477 e. The zero-order valence-corrected chi connectivity index (χ0v) is 14.5. The normalized spacial score (nSPS) is 11.3. The molecule has 136 valence electrons. The number of benzene rings is 2. The molecule has 7 heteroatoms. The van der Waals surface area contributed by atoms with Crippen LogP contribution in [0.15, 0.2) is 60.8 Å². The van der Waals surface area contributed by atoms with Gasteiger partial charge in [-0.15, -0.1) is 0 Å². The SMILES string of the molecule is O=C(Nc1ccc2[nH]c(C(=O)O)cc2c1)c1cc2c(cn1)[nH]c1ccccc12. The summed E-state index contributed by atoms with van der Waals surface area (Å²) in [6.45, 7) is 0. The van der Waals surface area contributed by atoms with Crippen LogP contribution in [-0.2, 0) is 0 Å². The molecular weight excluding hydrogens is 356 g/mol. The van der Waals surface area contributed by atoms with Crippen molar-refractivity contribution in [3.05, 3.63) is 72.2 Å². The first-order valence-electron chi connectivity index (χ1n) is 8.62. The van der Waals surface area contributed by atoms with Crippen molar-refractivity contribution in [2.45, 2.75) is 0 Å². The number of carboxylic acids is 1. The molecule has 0 aliphatic carbocycles. The second-order valence-electron chi connectivity index (χ2n) is 6.53. The number of carbonyl (C=O) groups excluding carboxylic acids is 1. The van der Waals surface area contributed by atoms with Gasteiger partial charge in [0.15, 0.2) is 0 Å². The van der Waals surface area contributed by atoms with E-state index in [0.717, 1.165) is 21.8 Å². The van der Waals surface area contributed by atoms with Crippen molar-refractivity contribution in [1.29, 1.82) is 0 Å². The lowest BCUT2D eigenvalue weighted by Gasteiger charge is -2.05. The van der Waals surface area contributed by atoms with Gasteiger partial charge in [-0.25, -0.2) is 9.78 Å². The molecule has 0 aliphatic rings. The van der Waals surface area contributed by atoms with Crippen LogP contribution in [0.25, 0.3) is 32.7 Å². The Morgan fingerprint density at radius 3 is 2.61 bits per heavy atom. The van der Waals surface area contributed by atoms with Crippen LogP contribution in [0.3, 0.4) is 0 Å². The number of nitrogens with one attached hydrogen (secondary N) is 3. The molecule has 7 nitrogen and oxygen atoms in total. The van der Waals surface area contributed by atoms with Crippen molar-refractivity contribution in [3.8, 4) is 0 Å². The molecule has 2 aromatic carbocycles. The molecule has 0 radical (unpaired) electrons. The van der Waals surface area contributed by atoms with Gasteiger partial charge in [0, 0.05) is 32.9 Å². The fourth-order valence-corrected chi connectivity index (χ4v) is 3.39. The molecule has 3 heterocycles. The van der Waals surface area contributed by atoms with E-state index in [4.69, 9.17) is 5.11 Å². The van der Waals surface area contributed by atoms with Crippen molar-refractivity contribution in [2.75, 3.05) is 5.32 Å². The number of aromatic amines is 2. The molecule has 28 heavy (non-hydrogen) atoms. The standard InChI is InChI=1S/C21H14N4O3/c26-20(23-12-5-6-15-11(7-12)8-18(24-15)21(27)28)17-9-14-13-3-1-2-4-16(13)25-19(14)10-22-17/h1-10,24-25H,(H,23,26)(H,27,28). The highest BCUT2D eigenvalue weighted by molar-refractivity contribution is 6.11. The van der Waals surface area contributed by atoms with Gasteiger partial charge in [0.2, 0.25) is 0 Å². The molecule has 5 rings (SSSR count). The first-order chi connectivity index (χ1) is 13.6. The van der Waals surface area contributed by atoms with Crippen molar-refractivity contribution >= 4 is 50.3 Å². The lowest BCUT2D eigenvalue weighted by Crippen LogP contribution is -2.13. The van der Waals surface area contributed by atoms with E-state index in [1.807, 2.05) is 24.3 Å². The van der Waals surface area contributed by atoms with E-state index in [1.165, 1.54) is 6.07 Å². The number of H-pyrrole nitrogens is 2. The van der Waals surface area contributed by atoms with E-state index in [1.54, 1.807) is 30.5 Å². The Labute approximate surface area is 158 Å². The number of rotatable bonds is 3. The summed E-state index contributed by atoms with van der Waals surface area (Å²) in [4.78, 5) is 34.1. The maximum absolute atomic E-state index is 12.7. The fraction of sp³-hybridized carbons (Fsp3) is 0. The number of carboxylic acid groups (broad SMARTS) is 1. The van der Waals surface area contributed by atoms with Gasteiger partial charge in [-0.2, -0.15) is 0 Å². The number of pyridine rings is 1. The second kappa shape index (κ2) is 5.95. The second-order valence-corrected chi connectivity index (χ2v) is 6.53. The number of aromatic carboxylic acids is 1. The van der Waals surface area contributed by atoms with E-state index < -0.39 is 5.97 Å². The van der Waals surface area contributed by atoms with Crippen LogP contribution in [-0.4, -0.2) is 31.9 Å². The molecular formula is C21H14N4O3. The molecule has 1 amide bonds. The largest absolute Gasteiger partial charge is 0.477 e. The minimum absolute atomic E-state index is 0.102. The quantitative estimate of drug-likeness (QED) is 0.382. The number of amides is 1. The lowest BCUT2D eigenvalue weighted by molar-refractivity contribution is 0.0691. The molecule has 0 aliphatic heterocycles. The minimum atomic E-state index is -1.03. The third kappa shape index (κ3) is 2.57. The van der Waals surface area contributed by atoms with Gasteiger partial charge in [0.25, 0.3) is 5.91 Å². The first kappa shape index (κ1) is 16.1. The van der Waals surface area contributed by atoms with Gasteiger partial charge in [-0.05, 0) is 36.4 Å². The maximum Gasteiger partial charge on any atom is 0.352 e. The highest BCUT2D eigenvalue weighted by Crippen LogP contribution is 2.26. The van der Waals surface area contributed by atoms with Gasteiger partial charge in [-0.1, -0.05) is 18.2 Å². The zero-order valence-electron chi connectivity index (χ0n) is 14.5. The fourth-order valence-electron chi connectivity index (χ4n) is 3.39. The molecule has 0 saturated carbocycles. The zero-order chi connectivity index (χ0) is 19.3. The molecule has 0 fully saturated rings. The van der Waals surface area contributed by atoms with E-state index in [9.17, 15) is 9.59 Å². The number of para-hydroxylation sites is 1. The van der Waals surface area contributed by atoms with Crippen molar-refractivity contribution < 1.29 is 14.7 Å². The molecule has 4 N–H and O–H groups in total. The third-order valence-corrected chi connectivity index (χ3v) is 4.73. The summed E-state index contributed by atoms with van der Waals surface area (Å²) in [6, 6.07) is 16.3. The summed E-state index contributed by atoms with van der Waals surface area (Å²) in [6.07, 6.45) is 1.65. The summed E-state index contributed by atoms with van der Waals surface area (Å²) in [5.41, 5.74) is 3.52. The van der Waals surface area contributed by atoms with Gasteiger partial charge in [0.05, 0.1) is 11.7 Å². The van der Waals surface area contributed by atoms with Crippen LogP contribution in [0, 0.1) is 0 Å². The topological polar surface area (TPSA) is 111 Å². The Morgan fingerprint density at radius 2 is 1.75 bits per heavy atom. The average molecular weight is 370 g/mol. The predicted molar refractivity (Wildman–Crippen MR) is 107 cm³/mol. The molecule has 0 bridgehead atoms. The summed E-state index contributed by atoms with van der Waals surface area (Å²) in [5, 5.41) is 14.6. The van der Waals surface area contributed by atoms with Crippen LogP contribution in [0.2, 0.25) is 0 Å². The maximum atomic E-state index is 12.7. The lowest BCUT2D eigenvalue weighted by atomic mass is 10.1. The molecule has 0 unspecified atom stereocenters. The van der Waals surface area contributed by atoms with Gasteiger partial charge in [-0.3, -0.25) is 4.79 Å². The molecule has 0 saturated heterocycles. The van der Waals surface area contributed by atoms with E-state index in [2.05, 4.69) is 20.3 Å². The number of hydrogen-bond donors (Lipinski definition) is 4. The van der Waals surface area contributed by atoms with Gasteiger partial charge >= 0.3 is 5.97 Å². The van der Waals surface area contributed by atoms with Gasteiger partial charge in [0.1, 0.15) is 11.4 Å². The van der Waals surface area contributed by atoms with E-state index in [-0.39, 0.29) is 11.6 Å². The van der Waals surface area contributed by atoms with E-state index >= 15 is 0 Å². The Kier molecular flexibility index (Phi) is 3.42. The molecule has 0 spiro atoms. The number of carbonyl (C=O) groups is 2. The Bertz CT molecular complexity index is 1400. The molecule has 0 atom stereocenters. The summed E-state index contributed by atoms with van der Waals surface area (Å²) < 4.78 is 0. The smallest absolute Gasteiger partial charge is 0.352 e. The molecule has 5 aromatic rings. The van der Waals surface area contributed by atoms with Crippen LogP contribution < -0.4 is 5.32 Å². The van der Waals surface area contributed by atoms with Crippen LogP contribution in [0.4, 0.5) is 5.69 Å². The highest BCUT2D eigenvalue weighted by Gasteiger charge is 2.13. The van der Waals surface area contributed by atoms with Crippen molar-refractivity contribution in [3.63, 3.8) is 0 Å². The highest BCUT2D eigenvalue weighted by atomic mass is 16.4. The van der Waals surface area contributed by atoms with Crippen molar-refractivity contribution in [1.82, 2.24) is 15.0 Å². The van der Waals surface area contributed by atoms with Gasteiger partial charge < -0.3 is 20.4 Å². The summed E-state index contributed by atoms with van der Waals surface area (Å²) >= 11 is 0. The summed E-state index contributed by atoms with van der Waals surface area (Å²) in [5.74, 6) is -1.36. The average Bonchev–Trinajstić information content (AvgIpc) is 3.28. The Hall–Kier alpha value is -4.13. The van der Waals surface area contributed by atoms with Crippen molar-refractivity contribution in [2.24, 2.45) is 0 Å². The summed E-state index contributed by atoms with van der Waals surface area (Å²) in [7, 11) is 0. The number of aromatic nitrogens is 3. The number of nitrogens with zero attached hydrogens (tertiary/aromatic N) is 1. The third-order valence-electron chi connectivity index (χ3n) is 4.73. The number of hydrogen-bond acceptors (Lipinski definition) is 3. The monoisotopic (exact) mass is 370 g/mol. The van der Waals surface area contributed by atoms with E-state index in [0.29, 0.717) is 22.3 Å². The predicted octanol–water partition coefficient (Wildman–Crippen LogP) is 4.15. The van der Waals surface area contributed by atoms with Crippen LogP contribution >= 0.6 is 0 Å². The number of anilines is 1.